The highest BCUT2D eigenvalue weighted by molar-refractivity contribution is 6.27. The minimum atomic E-state index is -0.107. The number of rotatable bonds is 6. The van der Waals surface area contributed by atoms with E-state index in [-0.39, 0.29) is 24.2 Å². The molecule has 1 aromatic carbocycles. The van der Waals surface area contributed by atoms with Crippen molar-refractivity contribution in [3.8, 4) is 0 Å². The summed E-state index contributed by atoms with van der Waals surface area (Å²) in [5, 5.41) is 2.74. The van der Waals surface area contributed by atoms with Crippen molar-refractivity contribution in [1.29, 1.82) is 0 Å². The van der Waals surface area contributed by atoms with Gasteiger partial charge in [-0.2, -0.15) is 0 Å². The molecule has 1 amide bonds. The number of amides is 1. The van der Waals surface area contributed by atoms with Crippen molar-refractivity contribution in [2.45, 2.75) is 6.42 Å². The first-order valence-electron chi connectivity index (χ1n) is 5.33. The lowest BCUT2D eigenvalue weighted by Crippen LogP contribution is -2.28. The van der Waals surface area contributed by atoms with Crippen LogP contribution in [-0.4, -0.2) is 31.9 Å². The minimum Gasteiger partial charge on any atom is -0.375 e. The molecule has 0 aliphatic heterocycles. The first-order chi connectivity index (χ1) is 7.74. The van der Waals surface area contributed by atoms with Gasteiger partial charge in [-0.05, 0) is 18.6 Å². The largest absolute Gasteiger partial charge is 0.375 e. The molecule has 5 heteroatoms. The van der Waals surface area contributed by atoms with E-state index in [2.05, 4.69) is 22.3 Å². The van der Waals surface area contributed by atoms with Crippen LogP contribution >= 0.6 is 24.0 Å². The third-order valence-corrected chi connectivity index (χ3v) is 2.55. The van der Waals surface area contributed by atoms with Crippen molar-refractivity contribution in [3.05, 3.63) is 30.3 Å². The van der Waals surface area contributed by atoms with E-state index < -0.39 is 0 Å². The van der Waals surface area contributed by atoms with Crippen LogP contribution in [0.3, 0.4) is 0 Å². The summed E-state index contributed by atoms with van der Waals surface area (Å²) < 4.78 is 0. The average Bonchev–Trinajstić information content (AvgIpc) is 2.35. The standard InChI is InChI=1S/C12H17ClN2O.ClH/c1-15(11-6-3-2-4-7-11)9-5-8-14-12(16)10-13;/h2-4,6-7H,5,8-10H2,1H3,(H,14,16);1H. The molecule has 0 unspecified atom stereocenters. The molecule has 0 aliphatic rings. The normalized spacial score (nSPS) is 9.29. The summed E-state index contributed by atoms with van der Waals surface area (Å²) in [6, 6.07) is 10.2. The SMILES string of the molecule is CN(CCCNC(=O)CCl)c1ccccc1.Cl. The van der Waals surface area contributed by atoms with Crippen molar-refractivity contribution >= 4 is 35.6 Å². The Hall–Kier alpha value is -0.930. The molecule has 0 aliphatic carbocycles. The zero-order valence-electron chi connectivity index (χ0n) is 9.86. The van der Waals surface area contributed by atoms with Gasteiger partial charge in [0.2, 0.25) is 5.91 Å². The van der Waals surface area contributed by atoms with Crippen LogP contribution in [0.1, 0.15) is 6.42 Å². The molecule has 0 saturated heterocycles. The number of nitrogens with one attached hydrogen (secondary N) is 1. The maximum atomic E-state index is 10.9. The van der Waals surface area contributed by atoms with Gasteiger partial charge >= 0.3 is 0 Å². The summed E-state index contributed by atoms with van der Waals surface area (Å²) in [5.74, 6) is -0.0711. The van der Waals surface area contributed by atoms with E-state index in [1.54, 1.807) is 0 Å². The van der Waals surface area contributed by atoms with Gasteiger partial charge in [0, 0.05) is 25.8 Å². The Bertz CT molecular complexity index is 320. The van der Waals surface area contributed by atoms with Crippen molar-refractivity contribution in [2.24, 2.45) is 0 Å². The second-order valence-electron chi connectivity index (χ2n) is 3.59. The third-order valence-electron chi connectivity index (χ3n) is 2.31. The lowest BCUT2D eigenvalue weighted by molar-refractivity contribution is -0.118. The van der Waals surface area contributed by atoms with Crippen molar-refractivity contribution < 1.29 is 4.79 Å². The van der Waals surface area contributed by atoms with Gasteiger partial charge in [0.15, 0.2) is 0 Å². The lowest BCUT2D eigenvalue weighted by Gasteiger charge is -2.19. The Morgan fingerprint density at radius 3 is 2.59 bits per heavy atom. The van der Waals surface area contributed by atoms with E-state index >= 15 is 0 Å². The number of hydrogen-bond acceptors (Lipinski definition) is 2. The van der Waals surface area contributed by atoms with Crippen LogP contribution in [0, 0.1) is 0 Å². The first-order valence-corrected chi connectivity index (χ1v) is 5.86. The number of para-hydroxylation sites is 1. The Balaban J connectivity index is 0.00000256. The first kappa shape index (κ1) is 16.1. The van der Waals surface area contributed by atoms with Crippen LogP contribution < -0.4 is 10.2 Å². The van der Waals surface area contributed by atoms with E-state index in [1.165, 1.54) is 5.69 Å². The topological polar surface area (TPSA) is 32.3 Å². The van der Waals surface area contributed by atoms with Gasteiger partial charge in [-0.25, -0.2) is 0 Å². The Kier molecular flexibility index (Phi) is 8.64. The molecule has 1 rings (SSSR count). The predicted octanol–water partition coefficient (Wildman–Crippen LogP) is 2.29. The van der Waals surface area contributed by atoms with Gasteiger partial charge in [-0.1, -0.05) is 18.2 Å². The second-order valence-corrected chi connectivity index (χ2v) is 3.86. The number of halogens is 2. The molecule has 0 spiro atoms. The molecule has 17 heavy (non-hydrogen) atoms. The molecular formula is C12H18Cl2N2O. The quantitative estimate of drug-likeness (QED) is 0.639. The zero-order chi connectivity index (χ0) is 11.8. The molecule has 0 fully saturated rings. The van der Waals surface area contributed by atoms with E-state index in [4.69, 9.17) is 11.6 Å². The highest BCUT2D eigenvalue weighted by atomic mass is 35.5. The molecule has 0 aromatic heterocycles. The molecule has 96 valence electrons. The molecule has 0 atom stereocenters. The predicted molar refractivity (Wildman–Crippen MR) is 75.3 cm³/mol. The van der Waals surface area contributed by atoms with Crippen LogP contribution in [0.4, 0.5) is 5.69 Å². The average molecular weight is 277 g/mol. The van der Waals surface area contributed by atoms with E-state index in [9.17, 15) is 4.79 Å². The Morgan fingerprint density at radius 1 is 1.35 bits per heavy atom. The fourth-order valence-electron chi connectivity index (χ4n) is 1.40. The van der Waals surface area contributed by atoms with Crippen LogP contribution in [0.5, 0.6) is 0 Å². The molecule has 1 N–H and O–H groups in total. The van der Waals surface area contributed by atoms with Crippen molar-refractivity contribution in [1.82, 2.24) is 5.32 Å². The summed E-state index contributed by atoms with van der Waals surface area (Å²) in [7, 11) is 2.04. The van der Waals surface area contributed by atoms with Gasteiger partial charge < -0.3 is 10.2 Å². The number of anilines is 1. The van der Waals surface area contributed by atoms with E-state index in [0.717, 1.165) is 13.0 Å². The minimum absolute atomic E-state index is 0. The van der Waals surface area contributed by atoms with Gasteiger partial charge in [0.1, 0.15) is 5.88 Å². The summed E-state index contributed by atoms with van der Waals surface area (Å²) in [4.78, 5) is 13.0. The van der Waals surface area contributed by atoms with Gasteiger partial charge in [0.25, 0.3) is 0 Å². The van der Waals surface area contributed by atoms with Crippen LogP contribution in [0.2, 0.25) is 0 Å². The third kappa shape index (κ3) is 6.39. The fraction of sp³-hybridized carbons (Fsp3) is 0.417. The summed E-state index contributed by atoms with van der Waals surface area (Å²) in [5.41, 5.74) is 1.19. The number of carbonyl (C=O) groups excluding carboxylic acids is 1. The smallest absolute Gasteiger partial charge is 0.234 e. The number of benzene rings is 1. The van der Waals surface area contributed by atoms with Crippen LogP contribution in [0.25, 0.3) is 0 Å². The fourth-order valence-corrected chi connectivity index (χ4v) is 1.50. The Labute approximate surface area is 114 Å². The number of nitrogens with zero attached hydrogens (tertiary/aromatic N) is 1. The second kappa shape index (κ2) is 9.14. The lowest BCUT2D eigenvalue weighted by atomic mass is 10.3. The molecule has 0 radical (unpaired) electrons. The molecule has 3 nitrogen and oxygen atoms in total. The highest BCUT2D eigenvalue weighted by Gasteiger charge is 2.00. The summed E-state index contributed by atoms with van der Waals surface area (Å²) in [6.07, 6.45) is 0.911. The highest BCUT2D eigenvalue weighted by Crippen LogP contribution is 2.10. The van der Waals surface area contributed by atoms with E-state index in [1.807, 2.05) is 25.2 Å². The molecular weight excluding hydrogens is 259 g/mol. The monoisotopic (exact) mass is 276 g/mol. The van der Waals surface area contributed by atoms with Crippen LogP contribution in [-0.2, 0) is 4.79 Å². The maximum Gasteiger partial charge on any atom is 0.234 e. The van der Waals surface area contributed by atoms with E-state index in [0.29, 0.717) is 6.54 Å². The Morgan fingerprint density at radius 2 is 2.00 bits per heavy atom. The number of hydrogen-bond donors (Lipinski definition) is 1. The van der Waals surface area contributed by atoms with Crippen molar-refractivity contribution in [2.75, 3.05) is 30.9 Å². The molecule has 0 saturated carbocycles. The number of alkyl halides is 1. The van der Waals surface area contributed by atoms with Crippen LogP contribution in [0.15, 0.2) is 30.3 Å². The molecule has 1 aromatic rings. The molecule has 0 bridgehead atoms. The maximum absolute atomic E-state index is 10.9. The molecule has 0 heterocycles. The summed E-state index contributed by atoms with van der Waals surface area (Å²) in [6.45, 7) is 1.58. The van der Waals surface area contributed by atoms with Gasteiger partial charge in [-0.3, -0.25) is 4.79 Å². The van der Waals surface area contributed by atoms with Crippen molar-refractivity contribution in [3.63, 3.8) is 0 Å². The number of carbonyl (C=O) groups is 1. The van der Waals surface area contributed by atoms with Gasteiger partial charge in [0.05, 0.1) is 0 Å². The zero-order valence-corrected chi connectivity index (χ0v) is 11.4. The summed E-state index contributed by atoms with van der Waals surface area (Å²) >= 11 is 5.37. The van der Waals surface area contributed by atoms with Gasteiger partial charge in [-0.15, -0.1) is 24.0 Å².